The normalized spacial score (nSPS) is 24.1. The first-order chi connectivity index (χ1) is 8.37. The molecular weight excluding hydrogens is 313 g/mol. The van der Waals surface area contributed by atoms with Gasteiger partial charge in [0.15, 0.2) is 0 Å². The van der Waals surface area contributed by atoms with Crippen molar-refractivity contribution in [2.75, 3.05) is 5.33 Å². The van der Waals surface area contributed by atoms with Crippen LogP contribution >= 0.6 is 15.9 Å². The molecule has 2 nitrogen and oxygen atoms in total. The summed E-state index contributed by atoms with van der Waals surface area (Å²) in [5.41, 5.74) is -0.959. The molecular formula is C12H10BrF3O2. The lowest BCUT2D eigenvalue weighted by atomic mass is 9.92. The summed E-state index contributed by atoms with van der Waals surface area (Å²) in [5, 5.41) is 0.372. The van der Waals surface area contributed by atoms with Crippen molar-refractivity contribution in [1.82, 2.24) is 0 Å². The summed E-state index contributed by atoms with van der Waals surface area (Å²) in [5.74, 6) is -0.325. The Hall–Kier alpha value is -1.04. The Morgan fingerprint density at radius 1 is 1.28 bits per heavy atom. The van der Waals surface area contributed by atoms with Crippen molar-refractivity contribution >= 4 is 21.9 Å². The zero-order chi connectivity index (χ0) is 13.4. The fraction of sp³-hybridized carbons (Fsp3) is 0.417. The third-order valence-corrected chi connectivity index (χ3v) is 3.90. The third-order valence-electron chi connectivity index (χ3n) is 3.00. The van der Waals surface area contributed by atoms with E-state index in [9.17, 15) is 18.0 Å². The summed E-state index contributed by atoms with van der Waals surface area (Å²) in [7, 11) is 0. The van der Waals surface area contributed by atoms with Gasteiger partial charge in [0, 0.05) is 18.2 Å². The van der Waals surface area contributed by atoms with Gasteiger partial charge in [-0.2, -0.15) is 13.2 Å². The molecule has 1 fully saturated rings. The van der Waals surface area contributed by atoms with Gasteiger partial charge in [-0.1, -0.05) is 28.1 Å². The molecule has 0 radical (unpaired) electrons. The van der Waals surface area contributed by atoms with Gasteiger partial charge in [0.25, 0.3) is 0 Å². The van der Waals surface area contributed by atoms with Crippen molar-refractivity contribution in [2.24, 2.45) is 0 Å². The van der Waals surface area contributed by atoms with E-state index in [2.05, 4.69) is 15.9 Å². The molecule has 0 aromatic heterocycles. The maximum absolute atomic E-state index is 12.4. The number of esters is 1. The van der Waals surface area contributed by atoms with Crippen LogP contribution in [0.15, 0.2) is 24.3 Å². The van der Waals surface area contributed by atoms with Crippen LogP contribution in [-0.4, -0.2) is 11.3 Å². The van der Waals surface area contributed by atoms with Crippen molar-refractivity contribution in [2.45, 2.75) is 24.6 Å². The summed E-state index contributed by atoms with van der Waals surface area (Å²) >= 11 is 3.26. The predicted octanol–water partition coefficient (Wildman–Crippen LogP) is 3.63. The van der Waals surface area contributed by atoms with Crippen molar-refractivity contribution in [3.8, 4) is 0 Å². The molecule has 0 N–H and O–H groups in total. The Balaban J connectivity index is 2.31. The number of benzene rings is 1. The summed E-state index contributed by atoms with van der Waals surface area (Å²) in [4.78, 5) is 11.2. The first-order valence-corrected chi connectivity index (χ1v) is 6.45. The highest BCUT2D eigenvalue weighted by atomic mass is 79.9. The molecule has 0 bridgehead atoms. The molecule has 0 amide bonds. The lowest BCUT2D eigenvalue weighted by molar-refractivity contribution is -0.147. The zero-order valence-corrected chi connectivity index (χ0v) is 10.8. The highest BCUT2D eigenvalue weighted by Crippen LogP contribution is 2.39. The molecule has 0 unspecified atom stereocenters. The van der Waals surface area contributed by atoms with E-state index in [1.807, 2.05) is 0 Å². The number of hydrogen-bond acceptors (Lipinski definition) is 2. The standard InChI is InChI=1S/C12H10BrF3O2/c13-7-11(6-5-10(17)18-11)8-1-3-9(4-2-8)12(14,15)16/h1-4H,5-7H2/t11-/m0/s1. The van der Waals surface area contributed by atoms with E-state index in [0.717, 1.165) is 12.1 Å². The van der Waals surface area contributed by atoms with Crippen LogP contribution in [0.2, 0.25) is 0 Å². The number of carbonyl (C=O) groups is 1. The molecule has 1 atom stereocenters. The van der Waals surface area contributed by atoms with Crippen LogP contribution in [-0.2, 0) is 21.3 Å². The summed E-state index contributed by atoms with van der Waals surface area (Å²) in [6.07, 6.45) is -3.60. The summed E-state index contributed by atoms with van der Waals surface area (Å²) in [6.45, 7) is 0. The molecule has 1 aliphatic rings. The Morgan fingerprint density at radius 3 is 2.28 bits per heavy atom. The SMILES string of the molecule is O=C1CC[C@](CBr)(c2ccc(C(F)(F)F)cc2)O1. The zero-order valence-electron chi connectivity index (χ0n) is 9.26. The molecule has 1 aromatic rings. The van der Waals surface area contributed by atoms with Gasteiger partial charge in [-0.3, -0.25) is 4.79 Å². The number of halogens is 4. The van der Waals surface area contributed by atoms with E-state index >= 15 is 0 Å². The van der Waals surface area contributed by atoms with Gasteiger partial charge in [0.05, 0.1) is 5.56 Å². The fourth-order valence-electron chi connectivity index (χ4n) is 1.96. The molecule has 2 rings (SSSR count). The topological polar surface area (TPSA) is 26.3 Å². The minimum Gasteiger partial charge on any atom is -0.453 e. The summed E-state index contributed by atoms with van der Waals surface area (Å²) in [6, 6.07) is 4.74. The Labute approximate surface area is 110 Å². The van der Waals surface area contributed by atoms with Gasteiger partial charge >= 0.3 is 12.1 Å². The Morgan fingerprint density at radius 2 is 1.89 bits per heavy atom. The van der Waals surface area contributed by atoms with Gasteiger partial charge in [0.1, 0.15) is 5.60 Å². The van der Waals surface area contributed by atoms with Gasteiger partial charge in [0.2, 0.25) is 0 Å². The minimum absolute atomic E-state index is 0.284. The van der Waals surface area contributed by atoms with Crippen LogP contribution in [0.3, 0.4) is 0 Å². The van der Waals surface area contributed by atoms with Crippen molar-refractivity contribution in [3.63, 3.8) is 0 Å². The predicted molar refractivity (Wildman–Crippen MR) is 62.2 cm³/mol. The maximum Gasteiger partial charge on any atom is 0.416 e. The maximum atomic E-state index is 12.4. The second-order valence-corrected chi connectivity index (χ2v) is 4.74. The average Bonchev–Trinajstić information content (AvgIpc) is 2.71. The lowest BCUT2D eigenvalue weighted by Gasteiger charge is -2.26. The van der Waals surface area contributed by atoms with Crippen LogP contribution in [0.4, 0.5) is 13.2 Å². The smallest absolute Gasteiger partial charge is 0.416 e. The van der Waals surface area contributed by atoms with E-state index in [4.69, 9.17) is 4.74 Å². The van der Waals surface area contributed by atoms with E-state index in [1.54, 1.807) is 0 Å². The van der Waals surface area contributed by atoms with Crippen LogP contribution in [0.1, 0.15) is 24.0 Å². The number of alkyl halides is 4. The van der Waals surface area contributed by atoms with Crippen molar-refractivity contribution in [3.05, 3.63) is 35.4 Å². The molecule has 0 spiro atoms. The molecule has 1 saturated heterocycles. The van der Waals surface area contributed by atoms with Gasteiger partial charge in [-0.05, 0) is 17.7 Å². The van der Waals surface area contributed by atoms with Crippen molar-refractivity contribution < 1.29 is 22.7 Å². The molecule has 18 heavy (non-hydrogen) atoms. The van der Waals surface area contributed by atoms with E-state index in [1.165, 1.54) is 12.1 Å². The number of cyclic esters (lactones) is 1. The van der Waals surface area contributed by atoms with Crippen LogP contribution in [0.25, 0.3) is 0 Å². The monoisotopic (exact) mass is 322 g/mol. The van der Waals surface area contributed by atoms with Gasteiger partial charge in [-0.15, -0.1) is 0 Å². The molecule has 98 valence electrons. The average molecular weight is 323 g/mol. The van der Waals surface area contributed by atoms with E-state index in [0.29, 0.717) is 17.3 Å². The molecule has 0 aliphatic carbocycles. The molecule has 1 aromatic carbocycles. The van der Waals surface area contributed by atoms with Crippen LogP contribution in [0.5, 0.6) is 0 Å². The number of carbonyl (C=O) groups excluding carboxylic acids is 1. The Kier molecular flexibility index (Phi) is 3.40. The second kappa shape index (κ2) is 4.57. The van der Waals surface area contributed by atoms with E-state index < -0.39 is 17.3 Å². The first kappa shape index (κ1) is 13.4. The largest absolute Gasteiger partial charge is 0.453 e. The van der Waals surface area contributed by atoms with Gasteiger partial charge in [-0.25, -0.2) is 0 Å². The van der Waals surface area contributed by atoms with Crippen molar-refractivity contribution in [1.29, 1.82) is 0 Å². The van der Waals surface area contributed by atoms with E-state index in [-0.39, 0.29) is 12.4 Å². The van der Waals surface area contributed by atoms with Crippen LogP contribution in [0, 0.1) is 0 Å². The molecule has 1 heterocycles. The highest BCUT2D eigenvalue weighted by molar-refractivity contribution is 9.09. The molecule has 1 aliphatic heterocycles. The molecule has 6 heteroatoms. The highest BCUT2D eigenvalue weighted by Gasteiger charge is 2.41. The quantitative estimate of drug-likeness (QED) is 0.614. The number of hydrogen-bond donors (Lipinski definition) is 0. The lowest BCUT2D eigenvalue weighted by Crippen LogP contribution is -2.27. The van der Waals surface area contributed by atoms with Gasteiger partial charge < -0.3 is 4.74 Å². The summed E-state index contributed by atoms with van der Waals surface area (Å²) < 4.78 is 42.6. The third kappa shape index (κ3) is 2.39. The number of ether oxygens (including phenoxy) is 1. The second-order valence-electron chi connectivity index (χ2n) is 4.18. The number of rotatable bonds is 2. The Bertz CT molecular complexity index is 455. The fourth-order valence-corrected chi connectivity index (χ4v) is 2.68. The first-order valence-electron chi connectivity index (χ1n) is 5.33. The molecule has 0 saturated carbocycles. The van der Waals surface area contributed by atoms with Crippen LogP contribution < -0.4 is 0 Å². The minimum atomic E-state index is -4.35.